The Kier molecular flexibility index (Phi) is 2.91. The van der Waals surface area contributed by atoms with E-state index in [9.17, 15) is 8.42 Å². The summed E-state index contributed by atoms with van der Waals surface area (Å²) in [5.41, 5.74) is 2.32. The number of nitrogens with one attached hydrogen (secondary N) is 1. The fourth-order valence-corrected chi connectivity index (χ4v) is 1.76. The Morgan fingerprint density at radius 1 is 1.50 bits per heavy atom. The van der Waals surface area contributed by atoms with Gasteiger partial charge in [0.1, 0.15) is 11.4 Å². The lowest BCUT2D eigenvalue weighted by molar-refractivity contribution is 0.196. The smallest absolute Gasteiger partial charge is 0.440 e. The Morgan fingerprint density at radius 2 is 2.25 bits per heavy atom. The van der Waals surface area contributed by atoms with Gasteiger partial charge in [-0.3, -0.25) is 0 Å². The van der Waals surface area contributed by atoms with Crippen LogP contribution in [0.25, 0.3) is 0 Å². The van der Waals surface area contributed by atoms with Gasteiger partial charge in [0.25, 0.3) is 0 Å². The predicted molar refractivity (Wildman–Crippen MR) is 54.7 cm³/mol. The van der Waals surface area contributed by atoms with E-state index in [1.165, 1.54) is 13.2 Å². The molecule has 1 aliphatic heterocycles. The van der Waals surface area contributed by atoms with Gasteiger partial charge >= 0.3 is 10.4 Å². The van der Waals surface area contributed by atoms with Crippen LogP contribution in [0.5, 0.6) is 5.75 Å². The number of benzene rings is 1. The van der Waals surface area contributed by atoms with Crippen LogP contribution < -0.4 is 15.5 Å². The van der Waals surface area contributed by atoms with E-state index in [0.717, 1.165) is 5.17 Å². The Bertz CT molecular complexity index is 505. The molecule has 0 spiro atoms. The molecule has 1 aromatic carbocycles. The summed E-state index contributed by atoms with van der Waals surface area (Å²) in [6.45, 7) is 0. The Balaban J connectivity index is 2.37. The zero-order valence-electron chi connectivity index (χ0n) is 8.01. The second-order valence-electron chi connectivity index (χ2n) is 2.77. The summed E-state index contributed by atoms with van der Waals surface area (Å²) in [5.74, 6) is 0.373. The molecule has 1 aromatic rings. The molecule has 0 saturated carbocycles. The van der Waals surface area contributed by atoms with Gasteiger partial charge in [-0.1, -0.05) is 17.2 Å². The summed E-state index contributed by atoms with van der Waals surface area (Å²) in [7, 11) is -2.64. The highest BCUT2D eigenvalue weighted by Crippen LogP contribution is 2.32. The Morgan fingerprint density at radius 3 is 2.81 bits per heavy atom. The highest BCUT2D eigenvalue weighted by molar-refractivity contribution is 7.82. The van der Waals surface area contributed by atoms with Gasteiger partial charge in [0, 0.05) is 5.02 Å². The molecule has 9 heteroatoms. The van der Waals surface area contributed by atoms with Crippen LogP contribution >= 0.6 is 11.6 Å². The normalized spacial score (nSPS) is 18.8. The molecule has 16 heavy (non-hydrogen) atoms. The van der Waals surface area contributed by atoms with E-state index < -0.39 is 10.4 Å². The van der Waals surface area contributed by atoms with E-state index in [-0.39, 0.29) is 5.69 Å². The number of ether oxygens (including phenoxy) is 1. The van der Waals surface area contributed by atoms with Crippen LogP contribution in [-0.2, 0) is 19.0 Å². The number of nitrogens with zero attached hydrogens (tertiary/aromatic N) is 1. The van der Waals surface area contributed by atoms with Crippen molar-refractivity contribution in [2.75, 3.05) is 12.3 Å². The number of anilines is 1. The summed E-state index contributed by atoms with van der Waals surface area (Å²) >= 11 is 5.77. The van der Waals surface area contributed by atoms with Crippen molar-refractivity contribution in [1.29, 1.82) is 0 Å². The number of hydrogen-bond acceptors (Lipinski definition) is 7. The van der Waals surface area contributed by atoms with E-state index >= 15 is 0 Å². The molecule has 0 unspecified atom stereocenters. The van der Waals surface area contributed by atoms with Crippen molar-refractivity contribution in [3.8, 4) is 5.75 Å². The van der Waals surface area contributed by atoms with Crippen molar-refractivity contribution in [3.63, 3.8) is 0 Å². The molecule has 0 aromatic heterocycles. The maximum Gasteiger partial charge on any atom is 0.440 e. The maximum atomic E-state index is 10.9. The molecule has 1 aliphatic rings. The monoisotopic (exact) mass is 266 g/mol. The molecule has 88 valence electrons. The molecule has 0 bridgehead atoms. The first-order valence-corrected chi connectivity index (χ1v) is 5.75. The molecule has 2 rings (SSSR count). The number of halogens is 1. The Labute approximate surface area is 96.7 Å². The second kappa shape index (κ2) is 4.07. The van der Waals surface area contributed by atoms with Crippen molar-refractivity contribution < 1.29 is 21.7 Å². The van der Waals surface area contributed by atoms with Crippen LogP contribution in [0.4, 0.5) is 5.69 Å². The van der Waals surface area contributed by atoms with Gasteiger partial charge in [-0.05, 0) is 18.2 Å². The van der Waals surface area contributed by atoms with Crippen molar-refractivity contribution >= 4 is 27.7 Å². The van der Waals surface area contributed by atoms with E-state index in [2.05, 4.69) is 8.57 Å². The van der Waals surface area contributed by atoms with Gasteiger partial charge in [0.05, 0.1) is 7.11 Å². The molecule has 0 atom stereocenters. The van der Waals surface area contributed by atoms with Crippen molar-refractivity contribution in [3.05, 3.63) is 23.2 Å². The van der Waals surface area contributed by atoms with E-state index in [1.807, 2.05) is 5.59 Å². The third kappa shape index (κ3) is 2.20. The van der Waals surface area contributed by atoms with Crippen LogP contribution in [0.3, 0.4) is 0 Å². The van der Waals surface area contributed by atoms with Crippen LogP contribution in [0.15, 0.2) is 18.2 Å². The predicted octanol–water partition coefficient (Wildman–Crippen LogP) is 0.781. The number of hydrazine groups is 1. The zero-order valence-corrected chi connectivity index (χ0v) is 9.58. The largest absolute Gasteiger partial charge is 0.494 e. The summed E-state index contributed by atoms with van der Waals surface area (Å²) in [5, 5.41) is 1.19. The highest BCUT2D eigenvalue weighted by Gasteiger charge is 2.30. The summed E-state index contributed by atoms with van der Waals surface area (Å²) in [6.07, 6.45) is 0. The average Bonchev–Trinajstić information content (AvgIpc) is 2.59. The molecular weight excluding hydrogens is 260 g/mol. The number of hydrogen-bond donors (Lipinski definition) is 1. The standard InChI is InChI=1S/C7H7ClN2O5S/c1-13-7-3-2-5(8)4-6(7)10-9-14-16(11,12)15-10/h2-4,9H,1H3. The minimum Gasteiger partial charge on any atom is -0.494 e. The minimum atomic E-state index is -4.07. The van der Waals surface area contributed by atoms with Gasteiger partial charge in [-0.25, -0.2) is 0 Å². The van der Waals surface area contributed by atoms with Crippen molar-refractivity contribution in [2.45, 2.75) is 0 Å². The lowest BCUT2D eigenvalue weighted by atomic mass is 10.3. The summed E-state index contributed by atoms with van der Waals surface area (Å²) in [6, 6.07) is 4.61. The first-order valence-electron chi connectivity index (χ1n) is 4.04. The topological polar surface area (TPSA) is 77.1 Å². The number of rotatable bonds is 2. The molecule has 1 saturated heterocycles. The molecule has 0 amide bonds. The zero-order chi connectivity index (χ0) is 11.8. The summed E-state index contributed by atoms with van der Waals surface area (Å²) in [4.78, 5) is 0. The first kappa shape index (κ1) is 11.4. The molecule has 1 fully saturated rings. The van der Waals surface area contributed by atoms with Crippen LogP contribution in [-0.4, -0.2) is 15.5 Å². The van der Waals surface area contributed by atoms with Crippen molar-refractivity contribution in [2.24, 2.45) is 0 Å². The fourth-order valence-electron chi connectivity index (χ4n) is 1.11. The van der Waals surface area contributed by atoms with Gasteiger partial charge in [-0.15, -0.1) is 13.7 Å². The van der Waals surface area contributed by atoms with Gasteiger partial charge in [-0.2, -0.15) is 8.42 Å². The molecule has 0 radical (unpaired) electrons. The number of methoxy groups -OCH3 is 1. The third-order valence-electron chi connectivity index (χ3n) is 1.75. The quantitative estimate of drug-likeness (QED) is 0.847. The van der Waals surface area contributed by atoms with E-state index in [0.29, 0.717) is 10.8 Å². The van der Waals surface area contributed by atoms with Gasteiger partial charge in [0.2, 0.25) is 0 Å². The molecular formula is C7H7ClN2O5S. The molecule has 1 heterocycles. The lowest BCUT2D eigenvalue weighted by Crippen LogP contribution is -2.28. The Hall–Kier alpha value is -1.06. The van der Waals surface area contributed by atoms with E-state index in [1.54, 1.807) is 12.1 Å². The lowest BCUT2D eigenvalue weighted by Gasteiger charge is -2.14. The first-order chi connectivity index (χ1) is 7.52. The fraction of sp³-hybridized carbons (Fsp3) is 0.143. The van der Waals surface area contributed by atoms with Crippen molar-refractivity contribution in [1.82, 2.24) is 5.59 Å². The van der Waals surface area contributed by atoms with Crippen LogP contribution in [0.1, 0.15) is 0 Å². The minimum absolute atomic E-state index is 0.274. The van der Waals surface area contributed by atoms with Crippen LogP contribution in [0.2, 0.25) is 5.02 Å². The molecule has 7 nitrogen and oxygen atoms in total. The van der Waals surface area contributed by atoms with Gasteiger partial charge in [0.15, 0.2) is 0 Å². The highest BCUT2D eigenvalue weighted by atomic mass is 35.5. The SMILES string of the molecule is COc1ccc(Cl)cc1N1NOS(=O)(=O)O1. The average molecular weight is 267 g/mol. The van der Waals surface area contributed by atoms with E-state index in [4.69, 9.17) is 16.3 Å². The second-order valence-corrected chi connectivity index (χ2v) is 4.34. The maximum absolute atomic E-state index is 10.9. The van der Waals surface area contributed by atoms with Crippen LogP contribution in [0, 0.1) is 0 Å². The summed E-state index contributed by atoms with van der Waals surface area (Å²) < 4.78 is 35.4. The van der Waals surface area contributed by atoms with Gasteiger partial charge < -0.3 is 4.74 Å². The molecule has 1 N–H and O–H groups in total. The third-order valence-corrected chi connectivity index (χ3v) is 2.59. The molecule has 0 aliphatic carbocycles.